The number of carboxylic acids is 1. The van der Waals surface area contributed by atoms with E-state index in [4.69, 9.17) is 10.8 Å². The van der Waals surface area contributed by atoms with Gasteiger partial charge in [0.1, 0.15) is 0 Å². The summed E-state index contributed by atoms with van der Waals surface area (Å²) in [5.74, 6) is -1.13. The van der Waals surface area contributed by atoms with E-state index in [-0.39, 0.29) is 16.9 Å². The Hall–Kier alpha value is -1.85. The van der Waals surface area contributed by atoms with E-state index in [1.54, 1.807) is 0 Å². The smallest absolute Gasteiger partial charge is 0.335 e. The number of rotatable bonds is 4. The minimum absolute atomic E-state index is 0.000895. The normalized spacial score (nSPS) is 10.3. The van der Waals surface area contributed by atoms with Crippen molar-refractivity contribution in [1.82, 2.24) is 0 Å². The summed E-state index contributed by atoms with van der Waals surface area (Å²) >= 11 is 0. The van der Waals surface area contributed by atoms with Gasteiger partial charge in [-0.15, -0.1) is 0 Å². The van der Waals surface area contributed by atoms with E-state index >= 15 is 0 Å². The number of carbonyl (C=O) groups is 1. The lowest BCUT2D eigenvalue weighted by atomic mass is 10.1. The Morgan fingerprint density at radius 2 is 2.20 bits per heavy atom. The van der Waals surface area contributed by atoms with Gasteiger partial charge in [-0.3, -0.25) is 0 Å². The first-order valence-corrected chi connectivity index (χ1v) is 4.15. The number of halogens is 2. The van der Waals surface area contributed by atoms with Gasteiger partial charge in [-0.1, -0.05) is 0 Å². The summed E-state index contributed by atoms with van der Waals surface area (Å²) in [7, 11) is 0. The highest BCUT2D eigenvalue weighted by Crippen LogP contribution is 2.20. The molecule has 0 amide bonds. The number of nitrogens with one attached hydrogen (secondary N) is 1. The zero-order valence-electron chi connectivity index (χ0n) is 7.71. The predicted octanol–water partition coefficient (Wildman–Crippen LogP) is 1.64. The van der Waals surface area contributed by atoms with E-state index in [1.807, 2.05) is 0 Å². The van der Waals surface area contributed by atoms with Crippen LogP contribution in [0.25, 0.3) is 0 Å². The lowest BCUT2D eigenvalue weighted by Crippen LogP contribution is -2.12. The fourth-order valence-electron chi connectivity index (χ4n) is 1.03. The van der Waals surface area contributed by atoms with Crippen LogP contribution in [0.3, 0.4) is 0 Å². The van der Waals surface area contributed by atoms with E-state index < -0.39 is 18.9 Å². The first-order valence-electron chi connectivity index (χ1n) is 4.15. The molecule has 0 heterocycles. The third-order valence-electron chi connectivity index (χ3n) is 1.75. The number of carboxylic acid groups (broad SMARTS) is 1. The molecule has 0 bridgehead atoms. The van der Waals surface area contributed by atoms with Gasteiger partial charge in [0.2, 0.25) is 0 Å². The van der Waals surface area contributed by atoms with Crippen LogP contribution in [0.4, 0.5) is 20.2 Å². The zero-order valence-corrected chi connectivity index (χ0v) is 7.71. The molecule has 0 saturated carbocycles. The molecule has 82 valence electrons. The molecule has 1 rings (SSSR count). The Bertz CT molecular complexity index is 369. The summed E-state index contributed by atoms with van der Waals surface area (Å²) in [6.07, 6.45) is -2.52. The largest absolute Gasteiger partial charge is 0.478 e. The molecule has 1 aromatic carbocycles. The van der Waals surface area contributed by atoms with Gasteiger partial charge in [0, 0.05) is 0 Å². The standard InChI is InChI=1S/C9H10F2N2O2/c10-8(11)4-13-7-3-5(9(14)15)1-2-6(7)12/h1-3,8,13H,4,12H2,(H,14,15). The number of hydrogen-bond donors (Lipinski definition) is 3. The SMILES string of the molecule is Nc1ccc(C(=O)O)cc1NCC(F)F. The lowest BCUT2D eigenvalue weighted by molar-refractivity contribution is 0.0697. The molecule has 0 spiro atoms. The Balaban J connectivity index is 2.85. The van der Waals surface area contributed by atoms with Crippen molar-refractivity contribution in [1.29, 1.82) is 0 Å². The number of alkyl halides is 2. The quantitative estimate of drug-likeness (QED) is 0.669. The van der Waals surface area contributed by atoms with Crippen molar-refractivity contribution < 1.29 is 18.7 Å². The van der Waals surface area contributed by atoms with E-state index in [2.05, 4.69) is 5.32 Å². The summed E-state index contributed by atoms with van der Waals surface area (Å²) in [6, 6.07) is 3.89. The maximum Gasteiger partial charge on any atom is 0.335 e. The van der Waals surface area contributed by atoms with E-state index in [0.717, 1.165) is 0 Å². The highest BCUT2D eigenvalue weighted by atomic mass is 19.3. The van der Waals surface area contributed by atoms with Gasteiger partial charge in [-0.25, -0.2) is 13.6 Å². The van der Waals surface area contributed by atoms with Gasteiger partial charge in [0.05, 0.1) is 23.5 Å². The van der Waals surface area contributed by atoms with Gasteiger partial charge in [0.15, 0.2) is 0 Å². The summed E-state index contributed by atoms with van der Waals surface area (Å²) in [6.45, 7) is -0.562. The van der Waals surface area contributed by atoms with E-state index in [0.29, 0.717) is 0 Å². The molecule has 4 nitrogen and oxygen atoms in total. The van der Waals surface area contributed by atoms with Crippen molar-refractivity contribution >= 4 is 17.3 Å². The van der Waals surface area contributed by atoms with Crippen LogP contribution in [0.15, 0.2) is 18.2 Å². The number of benzene rings is 1. The van der Waals surface area contributed by atoms with E-state index in [1.165, 1.54) is 18.2 Å². The maximum atomic E-state index is 11.9. The van der Waals surface area contributed by atoms with Gasteiger partial charge in [-0.2, -0.15) is 0 Å². The van der Waals surface area contributed by atoms with Crippen LogP contribution in [0.5, 0.6) is 0 Å². The van der Waals surface area contributed by atoms with Crippen molar-refractivity contribution in [2.45, 2.75) is 6.43 Å². The average Bonchev–Trinajstić information content (AvgIpc) is 2.16. The van der Waals surface area contributed by atoms with Gasteiger partial charge >= 0.3 is 5.97 Å². The third kappa shape index (κ3) is 3.08. The maximum absolute atomic E-state index is 11.9. The molecule has 0 aliphatic rings. The molecule has 0 saturated heterocycles. The average molecular weight is 216 g/mol. The summed E-state index contributed by atoms with van der Waals surface area (Å²) in [5, 5.41) is 11.0. The van der Waals surface area contributed by atoms with Crippen LogP contribution in [0, 0.1) is 0 Å². The van der Waals surface area contributed by atoms with Gasteiger partial charge in [0.25, 0.3) is 6.43 Å². The fourth-order valence-corrected chi connectivity index (χ4v) is 1.03. The van der Waals surface area contributed by atoms with Crippen LogP contribution >= 0.6 is 0 Å². The van der Waals surface area contributed by atoms with Crippen LogP contribution in [0.2, 0.25) is 0 Å². The molecule has 1 aromatic rings. The number of hydrogen-bond acceptors (Lipinski definition) is 3. The first-order chi connectivity index (χ1) is 7.00. The molecular formula is C9H10F2N2O2. The molecule has 4 N–H and O–H groups in total. The topological polar surface area (TPSA) is 75.4 Å². The Kier molecular flexibility index (Phi) is 3.43. The second-order valence-corrected chi connectivity index (χ2v) is 2.88. The van der Waals surface area contributed by atoms with Crippen LogP contribution in [-0.2, 0) is 0 Å². The minimum atomic E-state index is -2.52. The Morgan fingerprint density at radius 1 is 1.53 bits per heavy atom. The van der Waals surface area contributed by atoms with Crippen LogP contribution < -0.4 is 11.1 Å². The minimum Gasteiger partial charge on any atom is -0.478 e. The first kappa shape index (κ1) is 11.2. The summed E-state index contributed by atoms with van der Waals surface area (Å²) < 4.78 is 23.8. The predicted molar refractivity (Wildman–Crippen MR) is 52.3 cm³/mol. The molecule has 15 heavy (non-hydrogen) atoms. The highest BCUT2D eigenvalue weighted by molar-refractivity contribution is 5.90. The Morgan fingerprint density at radius 3 is 2.73 bits per heavy atom. The third-order valence-corrected chi connectivity index (χ3v) is 1.75. The second kappa shape index (κ2) is 4.59. The molecular weight excluding hydrogens is 206 g/mol. The van der Waals surface area contributed by atoms with Crippen molar-refractivity contribution in [3.8, 4) is 0 Å². The van der Waals surface area contributed by atoms with Crippen LogP contribution in [-0.4, -0.2) is 24.0 Å². The monoisotopic (exact) mass is 216 g/mol. The fraction of sp³-hybridized carbons (Fsp3) is 0.222. The molecule has 0 atom stereocenters. The molecule has 6 heteroatoms. The zero-order chi connectivity index (χ0) is 11.4. The van der Waals surface area contributed by atoms with Crippen LogP contribution in [0.1, 0.15) is 10.4 Å². The molecule has 0 fully saturated rings. The summed E-state index contributed by atoms with van der Waals surface area (Å²) in [4.78, 5) is 10.6. The second-order valence-electron chi connectivity index (χ2n) is 2.88. The van der Waals surface area contributed by atoms with Crippen molar-refractivity contribution in [2.75, 3.05) is 17.6 Å². The molecule has 0 aromatic heterocycles. The number of nitrogen functional groups attached to an aromatic ring is 1. The number of aromatic carboxylic acids is 1. The van der Waals surface area contributed by atoms with Crippen molar-refractivity contribution in [2.24, 2.45) is 0 Å². The van der Waals surface area contributed by atoms with E-state index in [9.17, 15) is 13.6 Å². The lowest BCUT2D eigenvalue weighted by Gasteiger charge is -2.09. The number of nitrogens with two attached hydrogens (primary N) is 1. The van der Waals surface area contributed by atoms with Crippen molar-refractivity contribution in [3.05, 3.63) is 23.8 Å². The van der Waals surface area contributed by atoms with Crippen molar-refractivity contribution in [3.63, 3.8) is 0 Å². The molecule has 0 unspecified atom stereocenters. The van der Waals surface area contributed by atoms with Gasteiger partial charge < -0.3 is 16.2 Å². The molecule has 0 radical (unpaired) electrons. The summed E-state index contributed by atoms with van der Waals surface area (Å²) in [5.41, 5.74) is 5.92. The number of anilines is 2. The highest BCUT2D eigenvalue weighted by Gasteiger charge is 2.08. The van der Waals surface area contributed by atoms with Gasteiger partial charge in [-0.05, 0) is 18.2 Å². The molecule has 0 aliphatic carbocycles. The molecule has 0 aliphatic heterocycles. The Labute approximate surface area is 84.7 Å².